The Morgan fingerprint density at radius 1 is 1.08 bits per heavy atom. The number of ether oxygens (including phenoxy) is 2. The summed E-state index contributed by atoms with van der Waals surface area (Å²) in [6.45, 7) is 2.75. The van der Waals surface area contributed by atoms with Gasteiger partial charge in [0.05, 0.1) is 0 Å². The van der Waals surface area contributed by atoms with Crippen molar-refractivity contribution in [1.82, 2.24) is 0 Å². The fraction of sp³-hybridized carbons (Fsp3) is 0.222. The summed E-state index contributed by atoms with van der Waals surface area (Å²) in [5.74, 6) is -0.577. The number of nitrogens with one attached hydrogen (secondary N) is 1. The highest BCUT2D eigenvalue weighted by atomic mass is 127. The molecule has 0 saturated heterocycles. The molecule has 5 nitrogen and oxygen atoms in total. The Balaban J connectivity index is 1.86. The number of hydrogen-bond acceptors (Lipinski definition) is 4. The van der Waals surface area contributed by atoms with Gasteiger partial charge >= 0.3 is 5.97 Å². The van der Waals surface area contributed by atoms with E-state index in [2.05, 4.69) is 27.9 Å². The number of benzene rings is 2. The van der Waals surface area contributed by atoms with Crippen molar-refractivity contribution in [2.75, 3.05) is 11.9 Å². The summed E-state index contributed by atoms with van der Waals surface area (Å²) in [5.41, 5.74) is -0.602. The van der Waals surface area contributed by atoms with E-state index in [0.717, 1.165) is 3.57 Å². The molecule has 0 aliphatic rings. The summed E-state index contributed by atoms with van der Waals surface area (Å²) < 4.78 is 11.7. The van der Waals surface area contributed by atoms with E-state index in [0.29, 0.717) is 16.5 Å². The average molecular weight is 474 g/mol. The van der Waals surface area contributed by atoms with Gasteiger partial charge in [-0.3, -0.25) is 4.79 Å². The van der Waals surface area contributed by atoms with E-state index in [1.807, 2.05) is 12.1 Å². The van der Waals surface area contributed by atoms with Crippen molar-refractivity contribution < 1.29 is 19.1 Å². The smallest absolute Gasteiger partial charge is 0.350 e. The Hall–Kier alpha value is -1.80. The van der Waals surface area contributed by atoms with Crippen molar-refractivity contribution in [2.45, 2.75) is 19.4 Å². The van der Waals surface area contributed by atoms with Gasteiger partial charge in [-0.15, -0.1) is 0 Å². The molecule has 0 aliphatic heterocycles. The molecule has 0 radical (unpaired) electrons. The number of amides is 1. The lowest BCUT2D eigenvalue weighted by Crippen LogP contribution is -2.41. The molecule has 25 heavy (non-hydrogen) atoms. The van der Waals surface area contributed by atoms with Crippen molar-refractivity contribution in [1.29, 1.82) is 0 Å². The Kier molecular flexibility index (Phi) is 6.66. The van der Waals surface area contributed by atoms with Gasteiger partial charge in [0.25, 0.3) is 5.91 Å². The van der Waals surface area contributed by atoms with Crippen LogP contribution in [0.1, 0.15) is 13.8 Å². The number of carbonyl (C=O) groups excluding carboxylic acids is 2. The van der Waals surface area contributed by atoms with Crippen LogP contribution < -0.4 is 10.1 Å². The molecule has 1 N–H and O–H groups in total. The lowest BCUT2D eigenvalue weighted by Gasteiger charge is -2.24. The second-order valence-corrected chi connectivity index (χ2v) is 7.38. The Labute approximate surface area is 164 Å². The topological polar surface area (TPSA) is 64.6 Å². The van der Waals surface area contributed by atoms with E-state index in [4.69, 9.17) is 21.1 Å². The van der Waals surface area contributed by atoms with Crippen molar-refractivity contribution in [2.24, 2.45) is 0 Å². The molecular formula is C18H17ClINO4. The maximum Gasteiger partial charge on any atom is 0.350 e. The van der Waals surface area contributed by atoms with Crippen LogP contribution in [0.5, 0.6) is 5.75 Å². The summed E-state index contributed by atoms with van der Waals surface area (Å²) in [6.07, 6.45) is 0. The minimum Gasteiger partial charge on any atom is -0.476 e. The van der Waals surface area contributed by atoms with Gasteiger partial charge in [-0.25, -0.2) is 4.79 Å². The zero-order chi connectivity index (χ0) is 18.4. The maximum absolute atomic E-state index is 12.2. The van der Waals surface area contributed by atoms with E-state index in [1.165, 1.54) is 0 Å². The monoisotopic (exact) mass is 473 g/mol. The van der Waals surface area contributed by atoms with E-state index >= 15 is 0 Å². The molecule has 2 rings (SSSR count). The van der Waals surface area contributed by atoms with Gasteiger partial charge in [-0.2, -0.15) is 0 Å². The Bertz CT molecular complexity index is 745. The van der Waals surface area contributed by atoms with Crippen LogP contribution in [0.25, 0.3) is 0 Å². The fourth-order valence-electron chi connectivity index (χ4n) is 1.87. The molecule has 0 spiro atoms. The van der Waals surface area contributed by atoms with Gasteiger partial charge in [0, 0.05) is 14.3 Å². The molecule has 0 fully saturated rings. The first-order chi connectivity index (χ1) is 11.8. The first-order valence-electron chi connectivity index (χ1n) is 7.43. The molecule has 0 aromatic heterocycles. The molecule has 2 aromatic rings. The second kappa shape index (κ2) is 8.53. The third-order valence-electron chi connectivity index (χ3n) is 3.14. The minimum atomic E-state index is -1.24. The van der Waals surface area contributed by atoms with Crippen molar-refractivity contribution >= 4 is 51.8 Å². The summed E-state index contributed by atoms with van der Waals surface area (Å²) in [4.78, 5) is 24.1. The number of esters is 1. The molecule has 132 valence electrons. The van der Waals surface area contributed by atoms with Crippen LogP contribution in [0.2, 0.25) is 5.02 Å². The molecule has 7 heteroatoms. The summed E-state index contributed by atoms with van der Waals surface area (Å²) in [6, 6.07) is 13.9. The third-order valence-corrected chi connectivity index (χ3v) is 4.11. The van der Waals surface area contributed by atoms with Gasteiger partial charge in [0.2, 0.25) is 0 Å². The zero-order valence-electron chi connectivity index (χ0n) is 13.7. The lowest BCUT2D eigenvalue weighted by atomic mass is 10.1. The fourth-order valence-corrected chi connectivity index (χ4v) is 2.36. The van der Waals surface area contributed by atoms with Crippen molar-refractivity contribution in [3.05, 3.63) is 57.1 Å². The van der Waals surface area contributed by atoms with E-state index < -0.39 is 24.1 Å². The largest absolute Gasteiger partial charge is 0.476 e. The van der Waals surface area contributed by atoms with E-state index in [-0.39, 0.29) is 0 Å². The molecule has 0 saturated carbocycles. The standard InChI is InChI=1S/C18H17ClINO4/c1-18(2,25-15-9-3-12(19)4-10-15)17(23)24-11-16(22)21-14-7-5-13(20)6-8-14/h3-10H,11H2,1-2H3,(H,21,22). The van der Waals surface area contributed by atoms with E-state index in [1.54, 1.807) is 50.2 Å². The summed E-state index contributed by atoms with van der Waals surface area (Å²) >= 11 is 7.98. The predicted molar refractivity (Wildman–Crippen MR) is 105 cm³/mol. The summed E-state index contributed by atoms with van der Waals surface area (Å²) in [5, 5.41) is 3.23. The van der Waals surface area contributed by atoms with Crippen molar-refractivity contribution in [3.8, 4) is 5.75 Å². The molecule has 0 unspecified atom stereocenters. The molecular weight excluding hydrogens is 457 g/mol. The SMILES string of the molecule is CC(C)(Oc1ccc(Cl)cc1)C(=O)OCC(=O)Nc1ccc(I)cc1. The molecule has 0 bridgehead atoms. The molecule has 1 amide bonds. The van der Waals surface area contributed by atoms with Gasteiger partial charge in [0.15, 0.2) is 12.2 Å². The number of anilines is 1. The number of rotatable bonds is 6. The summed E-state index contributed by atoms with van der Waals surface area (Å²) in [7, 11) is 0. The number of hydrogen-bond donors (Lipinski definition) is 1. The Morgan fingerprint density at radius 2 is 1.68 bits per heavy atom. The van der Waals surface area contributed by atoms with Crippen LogP contribution in [-0.4, -0.2) is 24.1 Å². The Morgan fingerprint density at radius 3 is 2.28 bits per heavy atom. The first kappa shape index (κ1) is 19.5. The highest BCUT2D eigenvalue weighted by Gasteiger charge is 2.32. The van der Waals surface area contributed by atoms with Gasteiger partial charge < -0.3 is 14.8 Å². The van der Waals surface area contributed by atoms with Crippen LogP contribution in [0.3, 0.4) is 0 Å². The maximum atomic E-state index is 12.2. The normalized spacial score (nSPS) is 10.9. The van der Waals surface area contributed by atoms with Crippen LogP contribution >= 0.6 is 34.2 Å². The number of halogens is 2. The quantitative estimate of drug-likeness (QED) is 0.502. The highest BCUT2D eigenvalue weighted by molar-refractivity contribution is 14.1. The highest BCUT2D eigenvalue weighted by Crippen LogP contribution is 2.21. The van der Waals surface area contributed by atoms with Gasteiger partial charge in [-0.1, -0.05) is 11.6 Å². The molecule has 0 heterocycles. The van der Waals surface area contributed by atoms with Gasteiger partial charge in [-0.05, 0) is 85.0 Å². The van der Waals surface area contributed by atoms with Gasteiger partial charge in [0.1, 0.15) is 5.75 Å². The lowest BCUT2D eigenvalue weighted by molar-refractivity contribution is -0.161. The third kappa shape index (κ3) is 6.21. The minimum absolute atomic E-state index is 0.391. The second-order valence-electron chi connectivity index (χ2n) is 5.70. The van der Waals surface area contributed by atoms with E-state index in [9.17, 15) is 9.59 Å². The molecule has 0 atom stereocenters. The first-order valence-corrected chi connectivity index (χ1v) is 8.89. The van der Waals surface area contributed by atoms with Crippen LogP contribution in [0.15, 0.2) is 48.5 Å². The van der Waals surface area contributed by atoms with Crippen LogP contribution in [0.4, 0.5) is 5.69 Å². The average Bonchev–Trinajstić information content (AvgIpc) is 2.56. The van der Waals surface area contributed by atoms with Crippen LogP contribution in [0, 0.1) is 3.57 Å². The predicted octanol–water partition coefficient (Wildman–Crippen LogP) is 4.28. The number of carbonyl (C=O) groups is 2. The molecule has 0 aliphatic carbocycles. The molecule has 2 aromatic carbocycles. The van der Waals surface area contributed by atoms with Crippen molar-refractivity contribution in [3.63, 3.8) is 0 Å². The zero-order valence-corrected chi connectivity index (χ0v) is 16.6. The van der Waals surface area contributed by atoms with Crippen LogP contribution in [-0.2, 0) is 14.3 Å².